The number of guanidine groups is 2. The molecule has 7 heteroatoms. The smallest absolute Gasteiger partial charge is 0.302 e. The number of nitrogens with zero attached hydrogens (tertiary/aromatic N) is 3. The molecule has 0 saturated heterocycles. The Morgan fingerprint density at radius 2 is 2.00 bits per heavy atom. The molecule has 0 aliphatic carbocycles. The van der Waals surface area contributed by atoms with Gasteiger partial charge in [0.05, 0.1) is 6.54 Å². The molecule has 0 rings (SSSR count). The Balaban J connectivity index is 3.99. The third kappa shape index (κ3) is 7.29. The van der Waals surface area contributed by atoms with Crippen LogP contribution in [0.3, 0.4) is 0 Å². The summed E-state index contributed by atoms with van der Waals surface area (Å²) in [4.78, 5) is 19.6. The van der Waals surface area contributed by atoms with Crippen LogP contribution in [0, 0.1) is 0 Å². The molecule has 0 spiro atoms. The van der Waals surface area contributed by atoms with Crippen LogP contribution in [-0.2, 0) is 9.53 Å². The van der Waals surface area contributed by atoms with E-state index in [1.54, 1.807) is 19.0 Å². The molecule has 0 radical (unpaired) electrons. The first-order chi connectivity index (χ1) is 6.93. The van der Waals surface area contributed by atoms with Gasteiger partial charge in [-0.1, -0.05) is 0 Å². The van der Waals surface area contributed by atoms with E-state index in [9.17, 15) is 4.79 Å². The van der Waals surface area contributed by atoms with Crippen LogP contribution in [0.2, 0.25) is 0 Å². The van der Waals surface area contributed by atoms with E-state index in [1.165, 1.54) is 6.92 Å². The van der Waals surface area contributed by atoms with Crippen molar-refractivity contribution in [2.75, 3.05) is 27.2 Å². The summed E-state index contributed by atoms with van der Waals surface area (Å²) in [6.07, 6.45) is 0. The van der Waals surface area contributed by atoms with Crippen molar-refractivity contribution in [3.8, 4) is 0 Å². The molecule has 0 aromatic rings. The Morgan fingerprint density at radius 3 is 2.47 bits per heavy atom. The van der Waals surface area contributed by atoms with Crippen molar-refractivity contribution in [3.05, 3.63) is 0 Å². The minimum Gasteiger partial charge on any atom is -0.464 e. The van der Waals surface area contributed by atoms with Crippen molar-refractivity contribution >= 4 is 17.9 Å². The van der Waals surface area contributed by atoms with Gasteiger partial charge in [0.2, 0.25) is 5.96 Å². The van der Waals surface area contributed by atoms with E-state index >= 15 is 0 Å². The van der Waals surface area contributed by atoms with Crippen LogP contribution < -0.4 is 11.5 Å². The summed E-state index contributed by atoms with van der Waals surface area (Å²) in [6.45, 7) is 1.79. The van der Waals surface area contributed by atoms with Crippen molar-refractivity contribution < 1.29 is 9.53 Å². The Labute approximate surface area is 88.8 Å². The highest BCUT2D eigenvalue weighted by atomic mass is 16.5. The van der Waals surface area contributed by atoms with Crippen molar-refractivity contribution in [2.45, 2.75) is 6.92 Å². The number of hydrogen-bond donors (Lipinski definition) is 2. The van der Waals surface area contributed by atoms with Gasteiger partial charge in [0.15, 0.2) is 5.96 Å². The Kier molecular flexibility index (Phi) is 5.84. The second-order valence-corrected chi connectivity index (χ2v) is 2.94. The molecule has 0 aliphatic rings. The van der Waals surface area contributed by atoms with Crippen LogP contribution in [0.4, 0.5) is 0 Å². The van der Waals surface area contributed by atoms with E-state index < -0.39 is 0 Å². The molecule has 0 unspecified atom stereocenters. The van der Waals surface area contributed by atoms with Crippen LogP contribution in [0.5, 0.6) is 0 Å². The van der Waals surface area contributed by atoms with Crippen molar-refractivity contribution in [3.63, 3.8) is 0 Å². The normalized spacial score (nSPS) is 12.5. The Morgan fingerprint density at radius 1 is 1.40 bits per heavy atom. The SMILES string of the molecule is CC(=O)OCCN=C(N)/N=C(\N)N(C)C. The van der Waals surface area contributed by atoms with Crippen LogP contribution in [-0.4, -0.2) is 50.0 Å². The molecule has 0 aromatic heterocycles. The van der Waals surface area contributed by atoms with E-state index in [1.807, 2.05) is 0 Å². The van der Waals surface area contributed by atoms with Gasteiger partial charge in [0.25, 0.3) is 0 Å². The second kappa shape index (κ2) is 6.63. The molecule has 0 saturated carbocycles. The van der Waals surface area contributed by atoms with Crippen LogP contribution in [0.15, 0.2) is 9.98 Å². The minimum atomic E-state index is -0.347. The fraction of sp³-hybridized carbons (Fsp3) is 0.625. The van der Waals surface area contributed by atoms with Gasteiger partial charge in [-0.3, -0.25) is 4.79 Å². The van der Waals surface area contributed by atoms with E-state index in [0.29, 0.717) is 0 Å². The maximum Gasteiger partial charge on any atom is 0.302 e. The average Bonchev–Trinajstić information content (AvgIpc) is 2.12. The number of rotatable bonds is 3. The molecule has 15 heavy (non-hydrogen) atoms. The molecule has 0 fully saturated rings. The molecular formula is C8H17N5O2. The molecule has 0 aromatic carbocycles. The third-order valence-electron chi connectivity index (χ3n) is 1.36. The lowest BCUT2D eigenvalue weighted by atomic mass is 10.7. The van der Waals surface area contributed by atoms with Gasteiger partial charge in [-0.15, -0.1) is 0 Å². The lowest BCUT2D eigenvalue weighted by Gasteiger charge is -2.09. The monoisotopic (exact) mass is 215 g/mol. The predicted octanol–water partition coefficient (Wildman–Crippen LogP) is -1.26. The van der Waals surface area contributed by atoms with Crippen molar-refractivity contribution in [1.29, 1.82) is 0 Å². The quantitative estimate of drug-likeness (QED) is 0.264. The fourth-order valence-electron chi connectivity index (χ4n) is 0.602. The summed E-state index contributed by atoms with van der Waals surface area (Å²) in [5.41, 5.74) is 10.9. The molecule has 0 heterocycles. The number of aliphatic imine (C=N–C) groups is 2. The summed E-state index contributed by atoms with van der Waals surface area (Å²) in [6, 6.07) is 0. The highest BCUT2D eigenvalue weighted by Gasteiger charge is 1.96. The topological polar surface area (TPSA) is 106 Å². The van der Waals surface area contributed by atoms with E-state index in [4.69, 9.17) is 11.5 Å². The number of ether oxygens (including phenoxy) is 1. The zero-order valence-corrected chi connectivity index (χ0v) is 9.23. The Bertz CT molecular complexity index is 272. The van der Waals surface area contributed by atoms with Gasteiger partial charge in [0.1, 0.15) is 6.61 Å². The molecule has 0 bridgehead atoms. The first kappa shape index (κ1) is 13.2. The molecule has 0 atom stereocenters. The molecular weight excluding hydrogens is 198 g/mol. The zero-order chi connectivity index (χ0) is 11.8. The highest BCUT2D eigenvalue weighted by molar-refractivity contribution is 5.93. The second-order valence-electron chi connectivity index (χ2n) is 2.94. The summed E-state index contributed by atoms with van der Waals surface area (Å²) in [5.74, 6) is -0.0165. The standard InChI is InChI=1S/C8H17N5O2/c1-6(14)15-5-4-11-7(9)12-8(10)13(2)3/h4-5H2,1-3H3,(H4,9,10,11,12). The van der Waals surface area contributed by atoms with Crippen LogP contribution >= 0.6 is 0 Å². The predicted molar refractivity (Wildman–Crippen MR) is 58.4 cm³/mol. The lowest BCUT2D eigenvalue weighted by molar-refractivity contribution is -0.140. The molecule has 0 amide bonds. The van der Waals surface area contributed by atoms with Gasteiger partial charge < -0.3 is 21.1 Å². The van der Waals surface area contributed by atoms with E-state index in [-0.39, 0.29) is 31.0 Å². The van der Waals surface area contributed by atoms with Crippen LogP contribution in [0.25, 0.3) is 0 Å². The number of esters is 1. The summed E-state index contributed by atoms with van der Waals surface area (Å²) < 4.78 is 4.65. The fourth-order valence-corrected chi connectivity index (χ4v) is 0.602. The minimum absolute atomic E-state index is 0.0633. The van der Waals surface area contributed by atoms with Gasteiger partial charge in [-0.25, -0.2) is 4.99 Å². The third-order valence-corrected chi connectivity index (χ3v) is 1.36. The molecule has 86 valence electrons. The molecule has 4 N–H and O–H groups in total. The van der Waals surface area contributed by atoms with Gasteiger partial charge in [0, 0.05) is 21.0 Å². The maximum absolute atomic E-state index is 10.4. The van der Waals surface area contributed by atoms with E-state index in [2.05, 4.69) is 14.7 Å². The number of nitrogens with two attached hydrogens (primary N) is 2. The summed E-state index contributed by atoms with van der Waals surface area (Å²) in [7, 11) is 3.48. The summed E-state index contributed by atoms with van der Waals surface area (Å²) in [5, 5.41) is 0. The number of hydrogen-bond acceptors (Lipinski definition) is 3. The van der Waals surface area contributed by atoms with Gasteiger partial charge >= 0.3 is 5.97 Å². The average molecular weight is 215 g/mol. The first-order valence-corrected chi connectivity index (χ1v) is 4.38. The van der Waals surface area contributed by atoms with Gasteiger partial charge in [-0.05, 0) is 0 Å². The van der Waals surface area contributed by atoms with Crippen molar-refractivity contribution in [2.24, 2.45) is 21.5 Å². The van der Waals surface area contributed by atoms with E-state index in [0.717, 1.165) is 0 Å². The van der Waals surface area contributed by atoms with Crippen LogP contribution in [0.1, 0.15) is 6.92 Å². The Hall–Kier alpha value is -1.79. The molecule has 7 nitrogen and oxygen atoms in total. The van der Waals surface area contributed by atoms with Gasteiger partial charge in [-0.2, -0.15) is 4.99 Å². The number of carbonyl (C=O) groups excluding carboxylic acids is 1. The lowest BCUT2D eigenvalue weighted by Crippen LogP contribution is -2.32. The largest absolute Gasteiger partial charge is 0.464 e. The first-order valence-electron chi connectivity index (χ1n) is 4.38. The zero-order valence-electron chi connectivity index (χ0n) is 9.23. The highest BCUT2D eigenvalue weighted by Crippen LogP contribution is 1.81. The molecule has 0 aliphatic heterocycles. The number of carbonyl (C=O) groups is 1. The van der Waals surface area contributed by atoms with Crippen molar-refractivity contribution in [1.82, 2.24) is 4.90 Å². The summed E-state index contributed by atoms with van der Waals surface area (Å²) >= 11 is 0. The maximum atomic E-state index is 10.4.